The van der Waals surface area contributed by atoms with Crippen LogP contribution < -0.4 is 56.7 Å². The first kappa shape index (κ1) is 41.9. The number of carbonyl (C=O) groups excluding carboxylic acids is 2. The first-order chi connectivity index (χ1) is 17.3. The Morgan fingerprint density at radius 2 is 1.95 bits per heavy atom. The maximum Gasteiger partial charge on any atom is 1.00 e. The largest absolute Gasteiger partial charge is 1.00 e. The summed E-state index contributed by atoms with van der Waals surface area (Å²) in [4.78, 5) is 27.0. The number of benzene rings is 1. The predicted molar refractivity (Wildman–Crippen MR) is 156 cm³/mol. The third-order valence-electron chi connectivity index (χ3n) is 6.10. The average molecular weight is 784 g/mol. The fraction of sp³-hybridized carbons (Fsp3) is 0.593. The van der Waals surface area contributed by atoms with Crippen LogP contribution in [-0.2, 0) is 48.9 Å². The van der Waals surface area contributed by atoms with Crippen molar-refractivity contribution >= 4 is 48.6 Å². The van der Waals surface area contributed by atoms with Gasteiger partial charge in [-0.15, -0.1) is 23.1 Å². The van der Waals surface area contributed by atoms with Gasteiger partial charge in [-0.05, 0) is 58.8 Å². The van der Waals surface area contributed by atoms with Crippen molar-refractivity contribution < 1.29 is 90.6 Å². The summed E-state index contributed by atoms with van der Waals surface area (Å²) in [6.07, 6.45) is 4.77. The zero-order valence-corrected chi connectivity index (χ0v) is 31.2. The maximum atomic E-state index is 11.9. The summed E-state index contributed by atoms with van der Waals surface area (Å²) in [5.74, 6) is 0. The Kier molecular flexibility index (Phi) is 22.1. The molecule has 0 spiro atoms. The smallest absolute Gasteiger partial charge is 0.784 e. The molecule has 1 aromatic carbocycles. The molecule has 217 valence electrons. The molecule has 39 heavy (non-hydrogen) atoms. The summed E-state index contributed by atoms with van der Waals surface area (Å²) in [6, 6.07) is 8.22. The summed E-state index contributed by atoms with van der Waals surface area (Å²) in [6.45, 7) is 10.7. The summed E-state index contributed by atoms with van der Waals surface area (Å²) < 4.78 is 11.5. The van der Waals surface area contributed by atoms with Gasteiger partial charge >= 0.3 is 51.4 Å². The van der Waals surface area contributed by atoms with Crippen LogP contribution in [0.15, 0.2) is 35.0 Å². The van der Waals surface area contributed by atoms with Gasteiger partial charge < -0.3 is 38.1 Å². The Hall–Kier alpha value is 0.726. The van der Waals surface area contributed by atoms with Crippen LogP contribution in [0.2, 0.25) is 0 Å². The molecule has 0 aromatic heterocycles. The number of aldehydes is 2. The van der Waals surface area contributed by atoms with E-state index in [-0.39, 0.29) is 94.5 Å². The number of likely N-dealkylation sites (N-methyl/N-ethyl adjacent to an activating group) is 2. The van der Waals surface area contributed by atoms with E-state index < -0.39 is 5.67 Å². The molecule has 2 aliphatic rings. The van der Waals surface area contributed by atoms with E-state index in [2.05, 4.69) is 52.4 Å². The molecule has 1 saturated heterocycles. The molecule has 0 amide bonds. The van der Waals surface area contributed by atoms with Crippen LogP contribution in [0, 0.1) is 0 Å². The third kappa shape index (κ3) is 15.7. The van der Waals surface area contributed by atoms with E-state index in [9.17, 15) is 19.1 Å². The first-order valence-electron chi connectivity index (χ1n) is 12.2. The number of hydrogen-bond acceptors (Lipinski definition) is 8. The van der Waals surface area contributed by atoms with Crippen LogP contribution in [0.5, 0.6) is 0 Å². The number of aliphatic hydroxyl groups excluding tert-OH is 1. The number of β-amino-alcohol motifs (C(OH)–C–C–N with tert-alkyl or cyclic N) is 1. The first-order valence-corrected chi connectivity index (χ1v) is 13.8. The normalized spacial score (nSPS) is 20.7. The maximum absolute atomic E-state index is 11.9. The van der Waals surface area contributed by atoms with Gasteiger partial charge in [-0.2, -0.15) is 0 Å². The average Bonchev–Trinajstić information content (AvgIpc) is 3.52. The molecule has 7 nitrogen and oxygen atoms in total. The number of halogens is 1. The van der Waals surface area contributed by atoms with Gasteiger partial charge in [0.15, 0.2) is 12.0 Å². The minimum absolute atomic E-state index is 0. The number of nitrogens with one attached hydrogen (secondary N) is 1. The molecule has 1 saturated carbocycles. The van der Waals surface area contributed by atoms with Crippen molar-refractivity contribution in [2.75, 3.05) is 26.9 Å². The Labute approximate surface area is 299 Å². The summed E-state index contributed by atoms with van der Waals surface area (Å²) in [5.41, 5.74) is 1.91. The fourth-order valence-electron chi connectivity index (χ4n) is 3.50. The third-order valence-corrected chi connectivity index (χ3v) is 7.29. The second-order valence-corrected chi connectivity index (χ2v) is 11.7. The Balaban J connectivity index is 0. The second-order valence-electron chi connectivity index (χ2n) is 9.78. The minimum Gasteiger partial charge on any atom is -0.784 e. The fourth-order valence-corrected chi connectivity index (χ4v) is 4.41. The summed E-state index contributed by atoms with van der Waals surface area (Å²) in [7, 11) is 3.74. The number of aliphatic hydroxyl groups is 1. The Morgan fingerprint density at radius 1 is 1.38 bits per heavy atom. The molecular weight excluding hydrogens is 743 g/mol. The van der Waals surface area contributed by atoms with Crippen LogP contribution in [-0.4, -0.2) is 84.9 Å². The van der Waals surface area contributed by atoms with Crippen molar-refractivity contribution in [3.63, 3.8) is 0 Å². The van der Waals surface area contributed by atoms with Crippen molar-refractivity contribution in [3.05, 3.63) is 46.4 Å². The van der Waals surface area contributed by atoms with E-state index in [0.29, 0.717) is 32.2 Å². The quantitative estimate of drug-likeness (QED) is 0.159. The number of nitrogens with zero attached hydrogens (tertiary/aromatic N) is 3. The zero-order valence-electron chi connectivity index (χ0n) is 24.1. The molecule has 2 fully saturated rings. The van der Waals surface area contributed by atoms with Gasteiger partial charge in [-0.1, -0.05) is 49.8 Å². The SMILES string of the molecule is C=N/C(C)=C(\SC)c1ccc(C[N-]C2CC(O)CN2C)cc1.CN[C@H](C=O)C(C)(C)[S-].O=CC1(F)CC1.[Ir].[K+]. The predicted octanol–water partition coefficient (Wildman–Crippen LogP) is 1.12. The minimum atomic E-state index is -1.39. The van der Waals surface area contributed by atoms with Gasteiger partial charge in [0.05, 0.1) is 11.8 Å². The number of likely N-dealkylation sites (tertiary alicyclic amines) is 1. The van der Waals surface area contributed by atoms with Gasteiger partial charge in [0.2, 0.25) is 0 Å². The number of rotatable bonds is 10. The number of carbonyl (C=O) groups is 2. The molecule has 3 rings (SSSR count). The summed E-state index contributed by atoms with van der Waals surface area (Å²) in [5, 5.41) is 17.2. The van der Waals surface area contributed by atoms with Crippen molar-refractivity contribution in [1.82, 2.24) is 10.2 Å². The number of aliphatic imine (C=N–C) groups is 1. The molecule has 3 atom stereocenters. The van der Waals surface area contributed by atoms with Crippen molar-refractivity contribution in [1.29, 1.82) is 0 Å². The topological polar surface area (TPSA) is 96.1 Å². The van der Waals surface area contributed by atoms with Gasteiger partial charge in [-0.3, -0.25) is 9.79 Å². The number of hydrogen-bond donors (Lipinski definition) is 2. The van der Waals surface area contributed by atoms with E-state index >= 15 is 0 Å². The molecule has 1 aliphatic carbocycles. The number of thioether (sulfide) groups is 1. The molecule has 1 radical (unpaired) electrons. The molecule has 12 heteroatoms. The van der Waals surface area contributed by atoms with E-state index in [1.165, 1.54) is 5.56 Å². The molecule has 0 bridgehead atoms. The van der Waals surface area contributed by atoms with E-state index in [4.69, 9.17) is 17.9 Å². The van der Waals surface area contributed by atoms with Crippen molar-refractivity contribution in [3.8, 4) is 0 Å². The van der Waals surface area contributed by atoms with Crippen LogP contribution in [0.4, 0.5) is 4.39 Å². The van der Waals surface area contributed by atoms with Gasteiger partial charge in [-0.25, -0.2) is 4.39 Å². The van der Waals surface area contributed by atoms with Crippen LogP contribution >= 0.6 is 11.8 Å². The monoisotopic (exact) mass is 784 g/mol. The Morgan fingerprint density at radius 3 is 2.23 bits per heavy atom. The molecule has 1 aromatic rings. The van der Waals surface area contributed by atoms with Gasteiger partial charge in [0, 0.05) is 37.6 Å². The molecule has 1 aliphatic heterocycles. The van der Waals surface area contributed by atoms with Crippen LogP contribution in [0.1, 0.15) is 51.2 Å². The second kappa shape index (κ2) is 20.6. The number of alkyl halides is 1. The van der Waals surface area contributed by atoms with Crippen molar-refractivity contribution in [2.45, 2.75) is 75.3 Å². The molecule has 1 heterocycles. The van der Waals surface area contributed by atoms with Gasteiger partial charge in [0.25, 0.3) is 0 Å². The molecular formula is C27H41FIrKN4O3S2-. The van der Waals surface area contributed by atoms with E-state index in [0.717, 1.165) is 28.9 Å². The molecule has 2 N–H and O–H groups in total. The standard InChI is InChI=1S/C17H24N3OS.C6H13NOS.C4H5FO.Ir.K/c1-12(18-2)17(22-4)14-7-5-13(6-8-14)10-19-16-9-15(21)11-20(16)3;1-6(2,9)5(4-8)7-3;5-4(3-6)1-2-4;;/h5-8,15-16,21H,2,9-11H2,1,3-4H3;4-5,7,9H,1-3H3;3H,1-2H2;;/q-1;;;;+1/p-1/b17-12-;;;;/t;5-;;;/m.1.../s1. The molecule has 2 unspecified atom stereocenters. The zero-order chi connectivity index (χ0) is 28.2. The van der Waals surface area contributed by atoms with E-state index in [1.807, 2.05) is 27.8 Å². The Bertz CT molecular complexity index is 915. The van der Waals surface area contributed by atoms with Crippen LogP contribution in [0.25, 0.3) is 10.2 Å². The summed E-state index contributed by atoms with van der Waals surface area (Å²) >= 11 is 6.69. The number of allylic oxidation sites excluding steroid dienone is 1. The van der Waals surface area contributed by atoms with Gasteiger partial charge in [0.1, 0.15) is 6.29 Å². The van der Waals surface area contributed by atoms with Crippen LogP contribution in [0.3, 0.4) is 0 Å². The van der Waals surface area contributed by atoms with Crippen molar-refractivity contribution in [2.24, 2.45) is 4.99 Å². The van der Waals surface area contributed by atoms with E-state index in [1.54, 1.807) is 18.8 Å².